The highest BCUT2D eigenvalue weighted by Gasteiger charge is 2.06. The molecule has 0 spiro atoms. The van der Waals surface area contributed by atoms with Crippen molar-refractivity contribution < 1.29 is 19.3 Å². The van der Waals surface area contributed by atoms with Crippen LogP contribution in [0, 0.1) is 0 Å². The van der Waals surface area contributed by atoms with Crippen molar-refractivity contribution in [3.8, 4) is 17.5 Å². The summed E-state index contributed by atoms with van der Waals surface area (Å²) >= 11 is 0. The molecule has 0 saturated heterocycles. The van der Waals surface area contributed by atoms with Crippen LogP contribution in [-0.2, 0) is 0 Å². The molecule has 0 aliphatic carbocycles. The summed E-state index contributed by atoms with van der Waals surface area (Å²) in [5, 5.41) is 13.0. The van der Waals surface area contributed by atoms with Crippen LogP contribution < -0.4 is 19.5 Å². The van der Waals surface area contributed by atoms with Gasteiger partial charge in [-0.2, -0.15) is 0 Å². The number of nitrogens with zero attached hydrogens (tertiary/aromatic N) is 2. The molecule has 1 aromatic carbocycles. The molecule has 0 saturated carbocycles. The van der Waals surface area contributed by atoms with E-state index in [1.165, 1.54) is 0 Å². The minimum Gasteiger partial charge on any atom is -0.491 e. The second-order valence-electron chi connectivity index (χ2n) is 5.73. The maximum atomic E-state index is 9.81. The Balaban J connectivity index is 1.64. The molecule has 2 rings (SSSR count). The molecule has 0 aliphatic rings. The standard InChI is InChI=1S/C18H25N3O4/c1-14(2)21-12-15(22)13-25-17-6-4-16(5-7-17)23-10-11-24-18-19-8-3-9-20-18/h3-9,14-15,21-22H,10-13H2,1-2H3. The highest BCUT2D eigenvalue weighted by atomic mass is 16.5. The third-order valence-electron chi connectivity index (χ3n) is 3.15. The average Bonchev–Trinajstić information content (AvgIpc) is 2.63. The quantitative estimate of drug-likeness (QED) is 0.598. The SMILES string of the molecule is CC(C)NCC(O)COc1ccc(OCCOc2ncccn2)cc1. The maximum Gasteiger partial charge on any atom is 0.316 e. The van der Waals surface area contributed by atoms with Crippen molar-refractivity contribution in [3.63, 3.8) is 0 Å². The summed E-state index contributed by atoms with van der Waals surface area (Å²) < 4.78 is 16.5. The summed E-state index contributed by atoms with van der Waals surface area (Å²) in [6.45, 7) is 5.55. The second-order valence-corrected chi connectivity index (χ2v) is 5.73. The lowest BCUT2D eigenvalue weighted by Crippen LogP contribution is -2.35. The van der Waals surface area contributed by atoms with Gasteiger partial charge in [-0.15, -0.1) is 0 Å². The Kier molecular flexibility index (Phi) is 7.94. The number of aromatic nitrogens is 2. The molecule has 7 heteroatoms. The fourth-order valence-electron chi connectivity index (χ4n) is 1.91. The summed E-state index contributed by atoms with van der Waals surface area (Å²) in [6.07, 6.45) is 2.70. The Bertz CT molecular complexity index is 593. The van der Waals surface area contributed by atoms with Crippen molar-refractivity contribution in [2.24, 2.45) is 0 Å². The largest absolute Gasteiger partial charge is 0.491 e. The van der Waals surface area contributed by atoms with Crippen molar-refractivity contribution >= 4 is 0 Å². The Labute approximate surface area is 148 Å². The number of ether oxygens (including phenoxy) is 3. The van der Waals surface area contributed by atoms with Crippen molar-refractivity contribution in [2.75, 3.05) is 26.4 Å². The number of nitrogens with one attached hydrogen (secondary N) is 1. The Morgan fingerprint density at radius 1 is 0.960 bits per heavy atom. The van der Waals surface area contributed by atoms with Crippen molar-refractivity contribution in [1.82, 2.24) is 15.3 Å². The van der Waals surface area contributed by atoms with Crippen LogP contribution in [0.15, 0.2) is 42.7 Å². The average molecular weight is 347 g/mol. The molecule has 2 N–H and O–H groups in total. The Morgan fingerprint density at radius 2 is 1.56 bits per heavy atom. The van der Waals surface area contributed by atoms with Gasteiger partial charge in [0.1, 0.15) is 37.4 Å². The zero-order chi connectivity index (χ0) is 17.9. The summed E-state index contributed by atoms with van der Waals surface area (Å²) in [4.78, 5) is 7.92. The monoisotopic (exact) mass is 347 g/mol. The lowest BCUT2D eigenvalue weighted by molar-refractivity contribution is 0.104. The smallest absolute Gasteiger partial charge is 0.316 e. The Hall–Kier alpha value is -2.38. The topological polar surface area (TPSA) is 85.7 Å². The molecule has 2 aromatic rings. The predicted molar refractivity (Wildman–Crippen MR) is 94.1 cm³/mol. The van der Waals surface area contributed by atoms with E-state index >= 15 is 0 Å². The number of aliphatic hydroxyl groups excluding tert-OH is 1. The highest BCUT2D eigenvalue weighted by Crippen LogP contribution is 2.17. The second kappa shape index (κ2) is 10.5. The summed E-state index contributed by atoms with van der Waals surface area (Å²) in [7, 11) is 0. The lowest BCUT2D eigenvalue weighted by atomic mass is 10.3. The normalized spacial score (nSPS) is 12.0. The lowest BCUT2D eigenvalue weighted by Gasteiger charge is -2.15. The van der Waals surface area contributed by atoms with E-state index in [0.717, 1.165) is 0 Å². The molecule has 136 valence electrons. The van der Waals surface area contributed by atoms with E-state index in [0.29, 0.717) is 43.3 Å². The summed E-state index contributed by atoms with van der Waals surface area (Å²) in [5.41, 5.74) is 0. The molecule has 1 unspecified atom stereocenters. The number of rotatable bonds is 11. The van der Waals surface area contributed by atoms with Crippen LogP contribution in [0.4, 0.5) is 0 Å². The van der Waals surface area contributed by atoms with Gasteiger partial charge in [0.15, 0.2) is 0 Å². The van der Waals surface area contributed by atoms with Crippen molar-refractivity contribution in [3.05, 3.63) is 42.7 Å². The third kappa shape index (κ3) is 7.82. The van der Waals surface area contributed by atoms with Gasteiger partial charge < -0.3 is 24.6 Å². The molecule has 1 aromatic heterocycles. The van der Waals surface area contributed by atoms with Crippen LogP contribution in [0.2, 0.25) is 0 Å². The first-order valence-corrected chi connectivity index (χ1v) is 8.30. The van der Waals surface area contributed by atoms with Gasteiger partial charge in [0.25, 0.3) is 0 Å². The van der Waals surface area contributed by atoms with Gasteiger partial charge in [-0.25, -0.2) is 9.97 Å². The van der Waals surface area contributed by atoms with E-state index in [2.05, 4.69) is 15.3 Å². The van der Waals surface area contributed by atoms with Gasteiger partial charge >= 0.3 is 6.01 Å². The van der Waals surface area contributed by atoms with E-state index in [-0.39, 0.29) is 6.61 Å². The van der Waals surface area contributed by atoms with Crippen LogP contribution >= 0.6 is 0 Å². The number of aliphatic hydroxyl groups is 1. The molecular weight excluding hydrogens is 322 g/mol. The van der Waals surface area contributed by atoms with Crippen molar-refractivity contribution in [1.29, 1.82) is 0 Å². The van der Waals surface area contributed by atoms with E-state index in [4.69, 9.17) is 14.2 Å². The third-order valence-corrected chi connectivity index (χ3v) is 3.15. The first-order valence-electron chi connectivity index (χ1n) is 8.30. The fourth-order valence-corrected chi connectivity index (χ4v) is 1.91. The molecule has 25 heavy (non-hydrogen) atoms. The minimum atomic E-state index is -0.546. The number of hydrogen-bond donors (Lipinski definition) is 2. The fraction of sp³-hybridized carbons (Fsp3) is 0.444. The van der Waals surface area contributed by atoms with Crippen LogP contribution in [0.5, 0.6) is 17.5 Å². The first kappa shape index (κ1) is 19.0. The molecule has 0 aliphatic heterocycles. The van der Waals surface area contributed by atoms with Gasteiger partial charge in [-0.1, -0.05) is 13.8 Å². The molecule has 1 atom stereocenters. The molecular formula is C18H25N3O4. The highest BCUT2D eigenvalue weighted by molar-refractivity contribution is 5.31. The molecule has 0 radical (unpaired) electrons. The zero-order valence-corrected chi connectivity index (χ0v) is 14.6. The zero-order valence-electron chi connectivity index (χ0n) is 14.6. The van der Waals surface area contributed by atoms with Crippen molar-refractivity contribution in [2.45, 2.75) is 26.0 Å². The van der Waals surface area contributed by atoms with Crippen LogP contribution in [0.3, 0.4) is 0 Å². The minimum absolute atomic E-state index is 0.241. The van der Waals surface area contributed by atoms with Gasteiger partial charge in [0, 0.05) is 25.0 Å². The summed E-state index contributed by atoms with van der Waals surface area (Å²) in [6, 6.07) is 9.63. The number of hydrogen-bond acceptors (Lipinski definition) is 7. The molecule has 7 nitrogen and oxygen atoms in total. The Morgan fingerprint density at radius 3 is 2.20 bits per heavy atom. The van der Waals surface area contributed by atoms with E-state index in [9.17, 15) is 5.11 Å². The molecule has 0 amide bonds. The summed E-state index contributed by atoms with van der Waals surface area (Å²) in [5.74, 6) is 1.40. The molecule has 1 heterocycles. The first-order chi connectivity index (χ1) is 12.1. The molecule has 0 fully saturated rings. The van der Waals surface area contributed by atoms with Gasteiger partial charge in [-0.3, -0.25) is 0 Å². The van der Waals surface area contributed by atoms with Crippen LogP contribution in [-0.4, -0.2) is 53.6 Å². The van der Waals surface area contributed by atoms with Crippen LogP contribution in [0.1, 0.15) is 13.8 Å². The van der Waals surface area contributed by atoms with E-state index < -0.39 is 6.10 Å². The van der Waals surface area contributed by atoms with Crippen LogP contribution in [0.25, 0.3) is 0 Å². The van der Waals surface area contributed by atoms with Gasteiger partial charge in [0.2, 0.25) is 0 Å². The van der Waals surface area contributed by atoms with Gasteiger partial charge in [-0.05, 0) is 30.3 Å². The van der Waals surface area contributed by atoms with E-state index in [1.54, 1.807) is 30.6 Å². The molecule has 0 bridgehead atoms. The van der Waals surface area contributed by atoms with E-state index in [1.807, 2.05) is 26.0 Å². The predicted octanol–water partition coefficient (Wildman–Crippen LogP) is 1.67. The van der Waals surface area contributed by atoms with Gasteiger partial charge in [0.05, 0.1) is 0 Å². The maximum absolute atomic E-state index is 9.81. The number of benzene rings is 1.